The van der Waals surface area contributed by atoms with Crippen molar-refractivity contribution in [3.63, 3.8) is 0 Å². The van der Waals surface area contributed by atoms with Crippen molar-refractivity contribution < 1.29 is 13.7 Å². The number of aromatic nitrogens is 2. The number of nitrogens with one attached hydrogen (secondary N) is 1. The number of aryl methyl sites for hydroxylation is 2. The first-order valence-electron chi connectivity index (χ1n) is 9.36. The van der Waals surface area contributed by atoms with Crippen LogP contribution in [-0.4, -0.2) is 22.6 Å². The summed E-state index contributed by atoms with van der Waals surface area (Å²) in [6, 6.07) is 12.7. The summed E-state index contributed by atoms with van der Waals surface area (Å²) in [6.07, 6.45) is 0.595. The Bertz CT molecular complexity index is 1000. The zero-order chi connectivity index (χ0) is 21.0. The van der Waals surface area contributed by atoms with Crippen LogP contribution >= 0.6 is 15.9 Å². The molecule has 0 radical (unpaired) electrons. The van der Waals surface area contributed by atoms with Gasteiger partial charge in [-0.1, -0.05) is 47.1 Å². The van der Waals surface area contributed by atoms with Crippen molar-refractivity contribution in [1.82, 2.24) is 15.5 Å². The first-order chi connectivity index (χ1) is 13.7. The first-order valence-corrected chi connectivity index (χ1v) is 10.2. The molecule has 0 saturated heterocycles. The first kappa shape index (κ1) is 21.2. The lowest BCUT2D eigenvalue weighted by molar-refractivity contribution is -0.121. The summed E-state index contributed by atoms with van der Waals surface area (Å²) in [6.45, 7) is 6.38. The molecule has 1 amide bonds. The lowest BCUT2D eigenvalue weighted by Gasteiger charge is -2.25. The number of hydrogen-bond donors (Lipinski definition) is 1. The molecule has 0 unspecified atom stereocenters. The number of amides is 1. The van der Waals surface area contributed by atoms with E-state index < -0.39 is 0 Å². The maximum Gasteiger partial charge on any atom is 0.227 e. The van der Waals surface area contributed by atoms with Crippen LogP contribution < -0.4 is 5.32 Å². The molecule has 0 atom stereocenters. The largest absolute Gasteiger partial charge is 0.355 e. The fourth-order valence-electron chi connectivity index (χ4n) is 2.89. The number of benzene rings is 2. The number of nitrogens with zero attached hydrogens (tertiary/aromatic N) is 2. The van der Waals surface area contributed by atoms with Crippen molar-refractivity contribution in [1.29, 1.82) is 0 Å². The molecule has 1 aromatic heterocycles. The van der Waals surface area contributed by atoms with Gasteiger partial charge in [0.05, 0.1) is 0 Å². The second-order valence-corrected chi connectivity index (χ2v) is 8.56. The van der Waals surface area contributed by atoms with E-state index in [0.717, 1.165) is 10.0 Å². The molecule has 1 heterocycles. The Morgan fingerprint density at radius 2 is 1.93 bits per heavy atom. The average molecular weight is 460 g/mol. The topological polar surface area (TPSA) is 68.0 Å². The molecule has 3 aromatic rings. The van der Waals surface area contributed by atoms with Crippen molar-refractivity contribution in [2.75, 3.05) is 6.54 Å². The quantitative estimate of drug-likeness (QED) is 0.541. The molecule has 7 heteroatoms. The summed E-state index contributed by atoms with van der Waals surface area (Å²) in [5.41, 5.74) is 2.16. The Labute approximate surface area is 177 Å². The molecule has 0 bridgehead atoms. The zero-order valence-electron chi connectivity index (χ0n) is 16.6. The molecule has 0 fully saturated rings. The highest BCUT2D eigenvalue weighted by Gasteiger charge is 2.21. The normalized spacial score (nSPS) is 11.5. The van der Waals surface area contributed by atoms with Gasteiger partial charge in [-0.3, -0.25) is 4.79 Å². The minimum atomic E-state index is -0.278. The third-order valence-electron chi connectivity index (χ3n) is 4.80. The van der Waals surface area contributed by atoms with Crippen LogP contribution in [0.1, 0.15) is 37.3 Å². The van der Waals surface area contributed by atoms with Crippen LogP contribution in [0.3, 0.4) is 0 Å². The van der Waals surface area contributed by atoms with Gasteiger partial charge in [-0.15, -0.1) is 0 Å². The van der Waals surface area contributed by atoms with E-state index in [-0.39, 0.29) is 23.6 Å². The monoisotopic (exact) mass is 459 g/mol. The van der Waals surface area contributed by atoms with Gasteiger partial charge in [0.1, 0.15) is 5.82 Å². The smallest absolute Gasteiger partial charge is 0.227 e. The molecule has 5 nitrogen and oxygen atoms in total. The maximum atomic E-state index is 13.4. The lowest BCUT2D eigenvalue weighted by Crippen LogP contribution is -2.36. The molecule has 0 aliphatic rings. The van der Waals surface area contributed by atoms with Crippen LogP contribution in [0.15, 0.2) is 51.5 Å². The third kappa shape index (κ3) is 5.50. The van der Waals surface area contributed by atoms with Crippen LogP contribution in [0.4, 0.5) is 4.39 Å². The molecule has 29 heavy (non-hydrogen) atoms. The van der Waals surface area contributed by atoms with Crippen molar-refractivity contribution in [2.24, 2.45) is 0 Å². The summed E-state index contributed by atoms with van der Waals surface area (Å²) in [5, 5.41) is 6.90. The minimum Gasteiger partial charge on any atom is -0.355 e. The second-order valence-electron chi connectivity index (χ2n) is 7.64. The highest BCUT2D eigenvalue weighted by atomic mass is 79.9. The van der Waals surface area contributed by atoms with Gasteiger partial charge < -0.3 is 9.84 Å². The van der Waals surface area contributed by atoms with E-state index in [4.69, 9.17) is 4.52 Å². The summed E-state index contributed by atoms with van der Waals surface area (Å²) in [5.74, 6) is 0.414. The third-order valence-corrected chi connectivity index (χ3v) is 5.33. The Morgan fingerprint density at radius 3 is 2.62 bits per heavy atom. The maximum absolute atomic E-state index is 13.4. The molecule has 152 valence electrons. The number of rotatable bonds is 7. The predicted octanol–water partition coefficient (Wildman–Crippen LogP) is 4.97. The summed E-state index contributed by atoms with van der Waals surface area (Å²) >= 11 is 3.43. The molecule has 1 N–H and O–H groups in total. The van der Waals surface area contributed by atoms with Crippen molar-refractivity contribution in [3.8, 4) is 11.4 Å². The molecule has 3 rings (SSSR count). The van der Waals surface area contributed by atoms with E-state index in [9.17, 15) is 9.18 Å². The van der Waals surface area contributed by atoms with Gasteiger partial charge in [0.15, 0.2) is 0 Å². The highest BCUT2D eigenvalue weighted by Crippen LogP contribution is 2.24. The highest BCUT2D eigenvalue weighted by molar-refractivity contribution is 9.10. The fourth-order valence-corrected chi connectivity index (χ4v) is 3.15. The van der Waals surface area contributed by atoms with E-state index in [1.165, 1.54) is 6.07 Å². The van der Waals surface area contributed by atoms with Crippen molar-refractivity contribution in [2.45, 2.75) is 39.0 Å². The van der Waals surface area contributed by atoms with E-state index in [1.54, 1.807) is 19.1 Å². The van der Waals surface area contributed by atoms with Crippen molar-refractivity contribution >= 4 is 21.8 Å². The molecule has 0 aliphatic carbocycles. The molecule has 0 aliphatic heterocycles. The number of carbonyl (C=O) groups is 1. The number of hydrogen-bond acceptors (Lipinski definition) is 4. The van der Waals surface area contributed by atoms with Gasteiger partial charge in [-0.2, -0.15) is 4.98 Å². The molecule has 0 saturated carbocycles. The number of halogens is 2. The minimum absolute atomic E-state index is 0.0763. The second kappa shape index (κ2) is 8.86. The molecular weight excluding hydrogens is 437 g/mol. The van der Waals surface area contributed by atoms with Crippen LogP contribution in [0.25, 0.3) is 11.4 Å². The lowest BCUT2D eigenvalue weighted by atomic mass is 9.84. The zero-order valence-corrected chi connectivity index (χ0v) is 18.2. The number of carbonyl (C=O) groups excluding carboxylic acids is 1. The average Bonchev–Trinajstić information content (AvgIpc) is 3.16. The van der Waals surface area contributed by atoms with Gasteiger partial charge in [0.25, 0.3) is 0 Å². The van der Waals surface area contributed by atoms with E-state index in [2.05, 4.69) is 45.2 Å². The molecule has 0 spiro atoms. The van der Waals surface area contributed by atoms with Crippen LogP contribution in [0, 0.1) is 12.7 Å². The van der Waals surface area contributed by atoms with Gasteiger partial charge in [-0.25, -0.2) is 4.39 Å². The fraction of sp³-hybridized carbons (Fsp3) is 0.318. The van der Waals surface area contributed by atoms with Crippen LogP contribution in [0.5, 0.6) is 0 Å². The SMILES string of the molecule is Cc1cc(-c2noc(CCC(=O)NCC(C)(C)c3ccc(Br)cc3)n2)ccc1F. The predicted molar refractivity (Wildman–Crippen MR) is 113 cm³/mol. The Balaban J connectivity index is 1.52. The van der Waals surface area contributed by atoms with Crippen LogP contribution in [0.2, 0.25) is 0 Å². The van der Waals surface area contributed by atoms with E-state index in [1.807, 2.05) is 24.3 Å². The van der Waals surface area contributed by atoms with Gasteiger partial charge in [0.2, 0.25) is 17.6 Å². The van der Waals surface area contributed by atoms with E-state index >= 15 is 0 Å². The van der Waals surface area contributed by atoms with Gasteiger partial charge in [-0.05, 0) is 48.4 Å². The Kier molecular flexibility index (Phi) is 6.47. The Morgan fingerprint density at radius 1 is 1.21 bits per heavy atom. The van der Waals surface area contributed by atoms with Gasteiger partial charge >= 0.3 is 0 Å². The van der Waals surface area contributed by atoms with Gasteiger partial charge in [0, 0.05) is 34.8 Å². The van der Waals surface area contributed by atoms with Crippen LogP contribution in [-0.2, 0) is 16.6 Å². The molecule has 2 aromatic carbocycles. The summed E-state index contributed by atoms with van der Waals surface area (Å²) < 4.78 is 19.7. The van der Waals surface area contributed by atoms with E-state index in [0.29, 0.717) is 35.8 Å². The summed E-state index contributed by atoms with van der Waals surface area (Å²) in [4.78, 5) is 16.6. The molecular formula is C22H23BrFN3O2. The van der Waals surface area contributed by atoms with Crippen molar-refractivity contribution in [3.05, 3.63) is 69.8 Å². The Hall–Kier alpha value is -2.54. The summed E-state index contributed by atoms with van der Waals surface area (Å²) in [7, 11) is 0. The standard InChI is InChI=1S/C22H23BrFN3O2/c1-14-12-15(4-9-18(14)24)21-26-20(29-27-21)11-10-19(28)25-13-22(2,3)16-5-7-17(23)8-6-16/h4-9,12H,10-11,13H2,1-3H3,(H,25,28).